The Morgan fingerprint density at radius 2 is 1.18 bits per heavy atom. The zero-order chi connectivity index (χ0) is 27.0. The minimum Gasteiger partial charge on any atom is -0.493 e. The fourth-order valence-electron chi connectivity index (χ4n) is 6.26. The highest BCUT2D eigenvalue weighted by atomic mass is 35.5. The number of aryl methyl sites for hydroxylation is 1. The van der Waals surface area contributed by atoms with Crippen molar-refractivity contribution in [1.29, 1.82) is 0 Å². The molecule has 5 rings (SSSR count). The van der Waals surface area contributed by atoms with E-state index in [1.165, 1.54) is 38.9 Å². The van der Waals surface area contributed by atoms with Crippen LogP contribution in [0.15, 0.2) is 42.5 Å². The monoisotopic (exact) mass is 552 g/mol. The third-order valence-electron chi connectivity index (χ3n) is 8.39. The SMILES string of the molecule is COc1cc2c(cc1OC)C(Cc1ccc(C)cc1C1c3cc(OC)c(OC)cc3CCN1C)N(C)CC2.Cl. The number of nitrogens with zero attached hydrogens (tertiary/aromatic N) is 2. The van der Waals surface area contributed by atoms with E-state index in [0.29, 0.717) is 0 Å². The molecule has 0 aliphatic carbocycles. The molecule has 39 heavy (non-hydrogen) atoms. The number of fused-ring (bicyclic) bond motifs is 2. The molecule has 0 radical (unpaired) electrons. The molecular formula is C32H41ClN2O4. The Kier molecular flexibility index (Phi) is 9.00. The van der Waals surface area contributed by atoms with Crippen molar-refractivity contribution in [3.05, 3.63) is 81.4 Å². The van der Waals surface area contributed by atoms with Gasteiger partial charge in [0.2, 0.25) is 0 Å². The summed E-state index contributed by atoms with van der Waals surface area (Å²) in [6.45, 7) is 4.19. The lowest BCUT2D eigenvalue weighted by atomic mass is 9.82. The Balaban J connectivity index is 0.00000353. The lowest BCUT2D eigenvalue weighted by Gasteiger charge is -2.39. The van der Waals surface area contributed by atoms with Gasteiger partial charge in [-0.3, -0.25) is 9.80 Å². The van der Waals surface area contributed by atoms with Crippen molar-refractivity contribution in [2.45, 2.75) is 38.3 Å². The molecule has 0 amide bonds. The molecule has 2 aliphatic heterocycles. The number of hydrogen-bond acceptors (Lipinski definition) is 6. The maximum Gasteiger partial charge on any atom is 0.161 e. The quantitative estimate of drug-likeness (QED) is 0.369. The molecule has 210 valence electrons. The standard InChI is InChI=1S/C32H40N2O4.ClH/c1-20-8-9-21(15-27-24-18-30(37-6)28(35-4)16-22(24)10-12-33(27)2)25(14-20)32-26-19-31(38-7)29(36-5)17-23(26)11-13-34(32)3;/h8-9,14,16-19,27,32H,10-13,15H2,1-7H3;1H. The number of likely N-dealkylation sites (N-methyl/N-ethyl adjacent to an activating group) is 2. The third kappa shape index (κ3) is 5.43. The summed E-state index contributed by atoms with van der Waals surface area (Å²) in [4.78, 5) is 4.95. The smallest absolute Gasteiger partial charge is 0.161 e. The summed E-state index contributed by atoms with van der Waals surface area (Å²) in [5, 5.41) is 0. The molecule has 0 fully saturated rings. The van der Waals surface area contributed by atoms with Crippen LogP contribution in [0.4, 0.5) is 0 Å². The molecule has 3 aromatic carbocycles. The first-order chi connectivity index (χ1) is 18.4. The number of benzene rings is 3. The molecule has 2 unspecified atom stereocenters. The van der Waals surface area contributed by atoms with Gasteiger partial charge in [0.05, 0.1) is 34.5 Å². The molecule has 0 bridgehead atoms. The van der Waals surface area contributed by atoms with Gasteiger partial charge in [-0.25, -0.2) is 0 Å². The van der Waals surface area contributed by atoms with E-state index < -0.39 is 0 Å². The number of methoxy groups -OCH3 is 4. The van der Waals surface area contributed by atoms with E-state index in [-0.39, 0.29) is 24.5 Å². The van der Waals surface area contributed by atoms with Crippen LogP contribution in [-0.2, 0) is 19.3 Å². The van der Waals surface area contributed by atoms with Crippen molar-refractivity contribution >= 4 is 12.4 Å². The summed E-state index contributed by atoms with van der Waals surface area (Å²) in [7, 11) is 11.3. The average Bonchev–Trinajstić information content (AvgIpc) is 2.93. The molecule has 7 heteroatoms. The van der Waals surface area contributed by atoms with E-state index >= 15 is 0 Å². The number of hydrogen-bond donors (Lipinski definition) is 0. The molecule has 0 spiro atoms. The summed E-state index contributed by atoms with van der Waals surface area (Å²) < 4.78 is 22.7. The molecular weight excluding hydrogens is 512 g/mol. The highest BCUT2D eigenvalue weighted by Gasteiger charge is 2.32. The Bertz CT molecular complexity index is 1330. The van der Waals surface area contributed by atoms with Crippen LogP contribution in [0.3, 0.4) is 0 Å². The number of halogens is 1. The Morgan fingerprint density at radius 3 is 1.77 bits per heavy atom. The summed E-state index contributed by atoms with van der Waals surface area (Å²) in [6.07, 6.45) is 2.91. The predicted octanol–water partition coefficient (Wildman–Crippen LogP) is 5.80. The zero-order valence-electron chi connectivity index (χ0n) is 24.2. The largest absolute Gasteiger partial charge is 0.493 e. The lowest BCUT2D eigenvalue weighted by Crippen LogP contribution is -2.35. The van der Waals surface area contributed by atoms with Crippen LogP contribution < -0.4 is 18.9 Å². The Hall–Kier alpha value is -2.93. The molecule has 2 aliphatic rings. The van der Waals surface area contributed by atoms with E-state index in [0.717, 1.165) is 55.4 Å². The minimum absolute atomic E-state index is 0. The maximum absolute atomic E-state index is 5.72. The van der Waals surface area contributed by atoms with E-state index in [4.69, 9.17) is 18.9 Å². The van der Waals surface area contributed by atoms with Crippen molar-refractivity contribution < 1.29 is 18.9 Å². The predicted molar refractivity (Wildman–Crippen MR) is 158 cm³/mol. The molecule has 3 aromatic rings. The van der Waals surface area contributed by atoms with Gasteiger partial charge >= 0.3 is 0 Å². The third-order valence-corrected chi connectivity index (χ3v) is 8.39. The van der Waals surface area contributed by atoms with Gasteiger partial charge < -0.3 is 18.9 Å². The molecule has 0 N–H and O–H groups in total. The highest BCUT2D eigenvalue weighted by molar-refractivity contribution is 5.85. The van der Waals surface area contributed by atoms with Gasteiger partial charge in [0.1, 0.15) is 0 Å². The van der Waals surface area contributed by atoms with Crippen molar-refractivity contribution in [3.63, 3.8) is 0 Å². The van der Waals surface area contributed by atoms with Gasteiger partial charge in [0, 0.05) is 19.1 Å². The van der Waals surface area contributed by atoms with Gasteiger partial charge in [-0.05, 0) is 97.9 Å². The van der Waals surface area contributed by atoms with E-state index in [1.807, 2.05) is 0 Å². The van der Waals surface area contributed by atoms with Crippen LogP contribution in [0.25, 0.3) is 0 Å². The Morgan fingerprint density at radius 1 is 0.667 bits per heavy atom. The van der Waals surface area contributed by atoms with Gasteiger partial charge in [0.15, 0.2) is 23.0 Å². The van der Waals surface area contributed by atoms with Crippen LogP contribution in [0.1, 0.15) is 51.0 Å². The fraction of sp³-hybridized carbons (Fsp3) is 0.438. The second-order valence-electron chi connectivity index (χ2n) is 10.6. The molecule has 0 saturated heterocycles. The first-order valence-electron chi connectivity index (χ1n) is 13.4. The molecule has 2 atom stereocenters. The van der Waals surface area contributed by atoms with Crippen LogP contribution in [-0.4, -0.2) is 65.4 Å². The topological polar surface area (TPSA) is 43.4 Å². The van der Waals surface area contributed by atoms with Gasteiger partial charge in [-0.2, -0.15) is 0 Å². The summed E-state index contributed by atoms with van der Waals surface area (Å²) in [5.74, 6) is 3.17. The second kappa shape index (κ2) is 12.1. The first kappa shape index (κ1) is 29.1. The van der Waals surface area contributed by atoms with E-state index in [1.54, 1.807) is 28.4 Å². The van der Waals surface area contributed by atoms with Crippen molar-refractivity contribution in [2.75, 3.05) is 55.6 Å². The van der Waals surface area contributed by atoms with Crippen LogP contribution in [0.2, 0.25) is 0 Å². The molecule has 0 saturated carbocycles. The van der Waals surface area contributed by atoms with Crippen LogP contribution >= 0.6 is 12.4 Å². The number of rotatable bonds is 7. The highest BCUT2D eigenvalue weighted by Crippen LogP contribution is 2.44. The summed E-state index contributed by atoms with van der Waals surface area (Å²) in [6, 6.07) is 16.0. The zero-order valence-corrected chi connectivity index (χ0v) is 25.0. The fourth-order valence-corrected chi connectivity index (χ4v) is 6.26. The molecule has 2 heterocycles. The van der Waals surface area contributed by atoms with Crippen LogP contribution in [0, 0.1) is 6.92 Å². The second-order valence-corrected chi connectivity index (χ2v) is 10.6. The van der Waals surface area contributed by atoms with Crippen molar-refractivity contribution in [2.24, 2.45) is 0 Å². The average molecular weight is 553 g/mol. The molecule has 0 aromatic heterocycles. The first-order valence-corrected chi connectivity index (χ1v) is 13.4. The van der Waals surface area contributed by atoms with E-state index in [2.05, 4.69) is 73.3 Å². The van der Waals surface area contributed by atoms with Gasteiger partial charge in [-0.15, -0.1) is 12.4 Å². The van der Waals surface area contributed by atoms with Crippen molar-refractivity contribution in [3.8, 4) is 23.0 Å². The normalized spacial score (nSPS) is 18.9. The maximum atomic E-state index is 5.72. The summed E-state index contributed by atoms with van der Waals surface area (Å²) in [5.41, 5.74) is 9.30. The molecule has 6 nitrogen and oxygen atoms in total. The summed E-state index contributed by atoms with van der Waals surface area (Å²) >= 11 is 0. The van der Waals surface area contributed by atoms with Gasteiger partial charge in [0.25, 0.3) is 0 Å². The van der Waals surface area contributed by atoms with Crippen LogP contribution in [0.5, 0.6) is 23.0 Å². The lowest BCUT2D eigenvalue weighted by molar-refractivity contribution is 0.225. The Labute approximate surface area is 239 Å². The van der Waals surface area contributed by atoms with Gasteiger partial charge in [-0.1, -0.05) is 23.8 Å². The van der Waals surface area contributed by atoms with E-state index in [9.17, 15) is 0 Å². The number of ether oxygens (including phenoxy) is 4. The minimum atomic E-state index is 0. The van der Waals surface area contributed by atoms with Crippen molar-refractivity contribution in [1.82, 2.24) is 9.80 Å².